The van der Waals surface area contributed by atoms with Crippen LogP contribution < -0.4 is 11.1 Å². The molecule has 0 atom stereocenters. The summed E-state index contributed by atoms with van der Waals surface area (Å²) in [7, 11) is 0. The molecule has 0 spiro atoms. The maximum atomic E-state index is 5.82. The van der Waals surface area contributed by atoms with Gasteiger partial charge in [0.2, 0.25) is 0 Å². The molecule has 3 nitrogen and oxygen atoms in total. The van der Waals surface area contributed by atoms with Crippen LogP contribution in [0.5, 0.6) is 0 Å². The van der Waals surface area contributed by atoms with Crippen LogP contribution in [0, 0.1) is 0 Å². The first-order chi connectivity index (χ1) is 5.58. The summed E-state index contributed by atoms with van der Waals surface area (Å²) >= 11 is 1.45. The second-order valence-corrected chi connectivity index (χ2v) is 4.24. The third-order valence-electron chi connectivity index (χ3n) is 1.53. The first kappa shape index (κ1) is 9.48. The van der Waals surface area contributed by atoms with Crippen molar-refractivity contribution in [2.24, 2.45) is 5.73 Å². The van der Waals surface area contributed by atoms with Gasteiger partial charge in [-0.05, 0) is 31.8 Å². The molecule has 4 heteroatoms. The second kappa shape index (κ2) is 3.87. The number of anilines is 1. The number of nitrogens with one attached hydrogen (secondary N) is 1. The van der Waals surface area contributed by atoms with Gasteiger partial charge in [-0.25, -0.2) is 0 Å². The van der Waals surface area contributed by atoms with E-state index in [1.165, 1.54) is 11.5 Å². The summed E-state index contributed by atoms with van der Waals surface area (Å²) in [4.78, 5) is 0. The Hall–Kier alpha value is -0.610. The van der Waals surface area contributed by atoms with Gasteiger partial charge in [-0.1, -0.05) is 0 Å². The molecule has 0 aliphatic carbocycles. The van der Waals surface area contributed by atoms with E-state index >= 15 is 0 Å². The number of nitrogens with zero attached hydrogens (tertiary/aromatic N) is 1. The molecule has 3 N–H and O–H groups in total. The molecule has 0 radical (unpaired) electrons. The molecule has 0 amide bonds. The lowest BCUT2D eigenvalue weighted by atomic mass is 10.0. The Bertz CT molecular complexity index is 213. The molecule has 1 aromatic rings. The van der Waals surface area contributed by atoms with E-state index in [1.807, 2.05) is 25.4 Å². The van der Waals surface area contributed by atoms with Gasteiger partial charge in [-0.15, -0.1) is 0 Å². The topological polar surface area (TPSA) is 50.9 Å². The molecule has 68 valence electrons. The maximum Gasteiger partial charge on any atom is 0.0652 e. The van der Waals surface area contributed by atoms with Crippen LogP contribution in [0.1, 0.15) is 20.3 Å². The molecule has 0 aliphatic rings. The van der Waals surface area contributed by atoms with E-state index in [0.717, 1.165) is 18.7 Å². The largest absolute Gasteiger partial charge is 0.383 e. The van der Waals surface area contributed by atoms with Crippen molar-refractivity contribution in [2.45, 2.75) is 25.8 Å². The van der Waals surface area contributed by atoms with Gasteiger partial charge < -0.3 is 11.1 Å². The molecule has 1 heterocycles. The molecular formula is C8H15N3S. The molecule has 0 saturated heterocycles. The highest BCUT2D eigenvalue weighted by molar-refractivity contribution is 7.04. The van der Waals surface area contributed by atoms with Gasteiger partial charge in [-0.3, -0.25) is 0 Å². The fourth-order valence-corrected chi connectivity index (χ4v) is 1.31. The summed E-state index contributed by atoms with van der Waals surface area (Å²) in [5.74, 6) is 0. The number of aromatic nitrogens is 1. The number of hydrogen-bond acceptors (Lipinski definition) is 4. The first-order valence-corrected chi connectivity index (χ1v) is 4.84. The van der Waals surface area contributed by atoms with Crippen molar-refractivity contribution < 1.29 is 0 Å². The maximum absolute atomic E-state index is 5.82. The van der Waals surface area contributed by atoms with E-state index in [4.69, 9.17) is 5.73 Å². The van der Waals surface area contributed by atoms with Crippen molar-refractivity contribution in [1.82, 2.24) is 4.37 Å². The zero-order chi connectivity index (χ0) is 9.03. The molecule has 0 unspecified atom stereocenters. The Labute approximate surface area is 77.1 Å². The Morgan fingerprint density at radius 3 is 2.92 bits per heavy atom. The third-order valence-corrected chi connectivity index (χ3v) is 2.12. The molecule has 0 aliphatic heterocycles. The summed E-state index contributed by atoms with van der Waals surface area (Å²) < 4.78 is 3.99. The van der Waals surface area contributed by atoms with Crippen molar-refractivity contribution in [3.63, 3.8) is 0 Å². The minimum atomic E-state index is -0.0869. The van der Waals surface area contributed by atoms with Gasteiger partial charge >= 0.3 is 0 Å². The fraction of sp³-hybridized carbons (Fsp3) is 0.625. The Morgan fingerprint density at radius 2 is 2.42 bits per heavy atom. The third kappa shape index (κ3) is 3.69. The highest BCUT2D eigenvalue weighted by Gasteiger charge is 2.09. The summed E-state index contributed by atoms with van der Waals surface area (Å²) in [6, 6.07) is 0. The van der Waals surface area contributed by atoms with Crippen LogP contribution in [0.15, 0.2) is 11.6 Å². The monoisotopic (exact) mass is 185 g/mol. The zero-order valence-electron chi connectivity index (χ0n) is 7.50. The van der Waals surface area contributed by atoms with Crippen LogP contribution in [0.3, 0.4) is 0 Å². The average molecular weight is 185 g/mol. The standard InChI is InChI=1S/C8H15N3S/c1-8(2,9)3-4-10-7-5-11-12-6-7/h5-6,10H,3-4,9H2,1-2H3. The zero-order valence-corrected chi connectivity index (χ0v) is 8.32. The number of hydrogen-bond donors (Lipinski definition) is 2. The first-order valence-electron chi connectivity index (χ1n) is 4.00. The SMILES string of the molecule is CC(C)(N)CCNc1cnsc1. The van der Waals surface area contributed by atoms with E-state index in [2.05, 4.69) is 9.69 Å². The molecule has 12 heavy (non-hydrogen) atoms. The van der Waals surface area contributed by atoms with Crippen molar-refractivity contribution in [3.05, 3.63) is 11.6 Å². The van der Waals surface area contributed by atoms with E-state index in [1.54, 1.807) is 0 Å². The molecule has 0 aromatic carbocycles. The van der Waals surface area contributed by atoms with E-state index < -0.39 is 0 Å². The lowest BCUT2D eigenvalue weighted by Crippen LogP contribution is -2.34. The van der Waals surface area contributed by atoms with Gasteiger partial charge in [0, 0.05) is 17.5 Å². The summed E-state index contributed by atoms with van der Waals surface area (Å²) in [6.45, 7) is 4.96. The van der Waals surface area contributed by atoms with Gasteiger partial charge in [0.15, 0.2) is 0 Å². The predicted molar refractivity (Wildman–Crippen MR) is 53.5 cm³/mol. The van der Waals surface area contributed by atoms with Gasteiger partial charge in [0.25, 0.3) is 0 Å². The van der Waals surface area contributed by atoms with Crippen molar-refractivity contribution in [2.75, 3.05) is 11.9 Å². The number of rotatable bonds is 4. The lowest BCUT2D eigenvalue weighted by Gasteiger charge is -2.18. The normalized spacial score (nSPS) is 11.6. The summed E-state index contributed by atoms with van der Waals surface area (Å²) in [5.41, 5.74) is 6.82. The molecule has 0 fully saturated rings. The smallest absolute Gasteiger partial charge is 0.0652 e. The minimum absolute atomic E-state index is 0.0869. The molecule has 0 bridgehead atoms. The van der Waals surface area contributed by atoms with Crippen LogP contribution in [0.4, 0.5) is 5.69 Å². The highest BCUT2D eigenvalue weighted by atomic mass is 32.1. The Kier molecular flexibility index (Phi) is 3.05. The molecule has 1 aromatic heterocycles. The van der Waals surface area contributed by atoms with Crippen LogP contribution in [0.25, 0.3) is 0 Å². The molecular weight excluding hydrogens is 170 g/mol. The van der Waals surface area contributed by atoms with E-state index in [0.29, 0.717) is 0 Å². The van der Waals surface area contributed by atoms with Crippen LogP contribution >= 0.6 is 11.5 Å². The quantitative estimate of drug-likeness (QED) is 0.750. The second-order valence-electron chi connectivity index (χ2n) is 3.58. The minimum Gasteiger partial charge on any atom is -0.383 e. The van der Waals surface area contributed by atoms with Crippen LogP contribution in [-0.2, 0) is 0 Å². The number of nitrogens with two attached hydrogens (primary N) is 1. The van der Waals surface area contributed by atoms with Gasteiger partial charge in [0.05, 0.1) is 11.9 Å². The van der Waals surface area contributed by atoms with Gasteiger partial charge in [0.1, 0.15) is 0 Å². The van der Waals surface area contributed by atoms with E-state index in [-0.39, 0.29) is 5.54 Å². The predicted octanol–water partition coefficient (Wildman–Crippen LogP) is 1.68. The average Bonchev–Trinajstić information content (AvgIpc) is 2.36. The Morgan fingerprint density at radius 1 is 1.67 bits per heavy atom. The summed E-state index contributed by atoms with van der Waals surface area (Å²) in [5, 5.41) is 5.24. The molecule has 0 saturated carbocycles. The van der Waals surface area contributed by atoms with Crippen molar-refractivity contribution >= 4 is 17.2 Å². The lowest BCUT2D eigenvalue weighted by molar-refractivity contribution is 0.491. The van der Waals surface area contributed by atoms with Crippen LogP contribution in [0.2, 0.25) is 0 Å². The highest BCUT2D eigenvalue weighted by Crippen LogP contribution is 2.09. The van der Waals surface area contributed by atoms with E-state index in [9.17, 15) is 0 Å². The van der Waals surface area contributed by atoms with Crippen molar-refractivity contribution in [3.8, 4) is 0 Å². The van der Waals surface area contributed by atoms with Gasteiger partial charge in [-0.2, -0.15) is 4.37 Å². The van der Waals surface area contributed by atoms with Crippen LogP contribution in [-0.4, -0.2) is 16.5 Å². The molecule has 1 rings (SSSR count). The Balaban J connectivity index is 2.20. The fourth-order valence-electron chi connectivity index (χ4n) is 0.821. The summed E-state index contributed by atoms with van der Waals surface area (Å²) in [6.07, 6.45) is 2.79. The van der Waals surface area contributed by atoms with Crippen molar-refractivity contribution in [1.29, 1.82) is 0 Å².